The van der Waals surface area contributed by atoms with Gasteiger partial charge >= 0.3 is 0 Å². The lowest BCUT2D eigenvalue weighted by atomic mass is 10.0. The highest BCUT2D eigenvalue weighted by atomic mass is 32.2. The average Bonchev–Trinajstić information content (AvgIpc) is 3.56. The van der Waals surface area contributed by atoms with Crippen molar-refractivity contribution >= 4 is 38.1 Å². The number of hydrogen-bond acceptors (Lipinski definition) is 6. The molecule has 2 aromatic heterocycles. The summed E-state index contributed by atoms with van der Waals surface area (Å²) in [6.45, 7) is 0.433. The molecule has 6 nitrogen and oxygen atoms in total. The number of hydrogen-bond donors (Lipinski definition) is 0. The van der Waals surface area contributed by atoms with Crippen LogP contribution in [0, 0.1) is 11.3 Å². The number of fused-ring (bicyclic) bond motifs is 1. The van der Waals surface area contributed by atoms with Gasteiger partial charge < -0.3 is 4.42 Å². The minimum absolute atomic E-state index is 0.0328. The van der Waals surface area contributed by atoms with E-state index in [-0.39, 0.29) is 11.1 Å². The van der Waals surface area contributed by atoms with E-state index < -0.39 is 10.0 Å². The molecular weight excluding hydrogens is 478 g/mol. The summed E-state index contributed by atoms with van der Waals surface area (Å²) in [6, 6.07) is 22.0. The fraction of sp³-hybridized carbons (Fsp3) is 0.222. The normalized spacial score (nSPS) is 16.4. The number of nitriles is 1. The summed E-state index contributed by atoms with van der Waals surface area (Å²) in [5, 5.41) is 9.73. The van der Waals surface area contributed by atoms with Gasteiger partial charge in [-0.3, -0.25) is 4.98 Å². The molecule has 0 aliphatic carbocycles. The highest BCUT2D eigenvalue weighted by Gasteiger charge is 2.39. The third-order valence-electron chi connectivity index (χ3n) is 6.34. The second-order valence-corrected chi connectivity index (χ2v) is 10.9. The van der Waals surface area contributed by atoms with Crippen LogP contribution in [0.3, 0.4) is 0 Å². The molecule has 0 spiro atoms. The fourth-order valence-corrected chi connectivity index (χ4v) is 6.54. The van der Waals surface area contributed by atoms with Crippen molar-refractivity contribution in [1.29, 1.82) is 5.26 Å². The van der Waals surface area contributed by atoms with Crippen molar-refractivity contribution in [3.63, 3.8) is 0 Å². The summed E-state index contributed by atoms with van der Waals surface area (Å²) < 4.78 is 33.9. The lowest BCUT2D eigenvalue weighted by Gasteiger charge is -2.23. The van der Waals surface area contributed by atoms with E-state index in [1.807, 2.05) is 42.5 Å². The summed E-state index contributed by atoms with van der Waals surface area (Å²) in [5.41, 5.74) is 4.00. The van der Waals surface area contributed by atoms with Gasteiger partial charge in [-0.05, 0) is 61.6 Å². The number of nitrogens with zero attached hydrogens (tertiary/aromatic N) is 3. The molecule has 35 heavy (non-hydrogen) atoms. The number of aryl methyl sites for hydroxylation is 1. The van der Waals surface area contributed by atoms with E-state index in [2.05, 4.69) is 11.1 Å². The first-order chi connectivity index (χ1) is 17.0. The molecule has 2 aromatic carbocycles. The molecule has 8 heteroatoms. The van der Waals surface area contributed by atoms with Gasteiger partial charge in [-0.15, -0.1) is 0 Å². The van der Waals surface area contributed by atoms with Crippen molar-refractivity contribution in [2.24, 2.45) is 0 Å². The lowest BCUT2D eigenvalue weighted by molar-refractivity contribution is 0.409. The van der Waals surface area contributed by atoms with Crippen molar-refractivity contribution < 1.29 is 12.8 Å². The molecule has 5 rings (SSSR count). The third kappa shape index (κ3) is 4.76. The standard InChI is InChI=1S/C27H23N3O3S2/c28-18-20-7-10-21(11-8-20)23-16-19(13-14-29-23)9-12-26(34)24-5-3-15-30(24)35(31,32)27-17-22-4-1-2-6-25(22)33-27/h1-2,4,6-8,10-11,13-14,16-17,24H,3,5,9,12,15H2/t24-/m0/s1. The Kier molecular flexibility index (Phi) is 6.48. The fourth-order valence-electron chi connectivity index (χ4n) is 4.49. The van der Waals surface area contributed by atoms with Crippen LogP contribution in [0.2, 0.25) is 0 Å². The van der Waals surface area contributed by atoms with Crippen molar-refractivity contribution in [3.8, 4) is 17.3 Å². The predicted molar refractivity (Wildman–Crippen MR) is 138 cm³/mol. The summed E-state index contributed by atoms with van der Waals surface area (Å²) >= 11 is 5.74. The highest BCUT2D eigenvalue weighted by Crippen LogP contribution is 2.31. The summed E-state index contributed by atoms with van der Waals surface area (Å²) in [4.78, 5) is 5.19. The van der Waals surface area contributed by atoms with E-state index in [4.69, 9.17) is 21.9 Å². The molecule has 1 fully saturated rings. The van der Waals surface area contributed by atoms with Gasteiger partial charge in [-0.25, -0.2) is 8.42 Å². The minimum Gasteiger partial charge on any atom is -0.443 e. The number of para-hydroxylation sites is 1. The van der Waals surface area contributed by atoms with Crippen molar-refractivity contribution in [2.45, 2.75) is 36.8 Å². The molecule has 0 amide bonds. The van der Waals surface area contributed by atoms with E-state index in [1.165, 1.54) is 4.31 Å². The number of furan rings is 1. The van der Waals surface area contributed by atoms with Gasteiger partial charge in [0.2, 0.25) is 5.09 Å². The highest BCUT2D eigenvalue weighted by molar-refractivity contribution is 7.89. The Morgan fingerprint density at radius 2 is 1.94 bits per heavy atom. The monoisotopic (exact) mass is 501 g/mol. The Bertz CT molecular complexity index is 1500. The van der Waals surface area contributed by atoms with Crippen molar-refractivity contribution in [1.82, 2.24) is 9.29 Å². The van der Waals surface area contributed by atoms with E-state index in [1.54, 1.807) is 30.5 Å². The third-order valence-corrected chi connectivity index (χ3v) is 8.58. The van der Waals surface area contributed by atoms with Crippen LogP contribution >= 0.6 is 12.2 Å². The van der Waals surface area contributed by atoms with Crippen LogP contribution in [0.15, 0.2) is 82.4 Å². The molecule has 3 heterocycles. The lowest BCUT2D eigenvalue weighted by Crippen LogP contribution is -2.39. The van der Waals surface area contributed by atoms with Gasteiger partial charge in [0.1, 0.15) is 5.58 Å². The maximum absolute atomic E-state index is 13.4. The Morgan fingerprint density at radius 3 is 2.71 bits per heavy atom. The maximum Gasteiger partial charge on any atom is 0.277 e. The zero-order valence-corrected chi connectivity index (χ0v) is 20.6. The smallest absolute Gasteiger partial charge is 0.277 e. The molecule has 1 atom stereocenters. The van der Waals surface area contributed by atoms with Crippen LogP contribution in [0.25, 0.3) is 22.2 Å². The molecule has 4 aromatic rings. The van der Waals surface area contributed by atoms with Crippen molar-refractivity contribution in [3.05, 3.63) is 84.1 Å². The van der Waals surface area contributed by atoms with E-state index in [0.717, 1.165) is 33.5 Å². The number of rotatable bonds is 7. The van der Waals surface area contributed by atoms with E-state index in [0.29, 0.717) is 37.0 Å². The number of thiocarbonyl (C=S) groups is 1. The SMILES string of the molecule is N#Cc1ccc(-c2cc(CCC(=S)[C@@H]3CCCN3S(=O)(=O)c3cc4ccccc4o3)ccn2)cc1. The predicted octanol–water partition coefficient (Wildman–Crippen LogP) is 5.52. The summed E-state index contributed by atoms with van der Waals surface area (Å²) in [6.07, 6.45) is 4.54. The Labute approximate surface area is 209 Å². The summed E-state index contributed by atoms with van der Waals surface area (Å²) in [5.74, 6) is 0. The van der Waals surface area contributed by atoms with Gasteiger partial charge in [-0.1, -0.05) is 42.5 Å². The molecule has 0 radical (unpaired) electrons. The molecule has 0 N–H and O–H groups in total. The van der Waals surface area contributed by atoms with E-state index in [9.17, 15) is 8.42 Å². The van der Waals surface area contributed by atoms with Crippen LogP contribution in [-0.4, -0.2) is 35.2 Å². The van der Waals surface area contributed by atoms with Crippen LogP contribution in [0.5, 0.6) is 0 Å². The molecular formula is C27H23N3O3S2. The average molecular weight is 502 g/mol. The first-order valence-electron chi connectivity index (χ1n) is 11.4. The Hall–Kier alpha value is -3.38. The molecule has 176 valence electrons. The molecule has 1 aliphatic heterocycles. The van der Waals surface area contributed by atoms with E-state index >= 15 is 0 Å². The zero-order valence-electron chi connectivity index (χ0n) is 18.9. The van der Waals surface area contributed by atoms with Crippen LogP contribution < -0.4 is 0 Å². The van der Waals surface area contributed by atoms with Crippen LogP contribution in [0.4, 0.5) is 0 Å². The molecule has 1 saturated heterocycles. The zero-order chi connectivity index (χ0) is 24.4. The molecule has 0 unspecified atom stereocenters. The number of pyridine rings is 1. The van der Waals surface area contributed by atoms with Gasteiger partial charge in [0, 0.05) is 34.6 Å². The van der Waals surface area contributed by atoms with Gasteiger partial charge in [0.05, 0.1) is 23.4 Å². The Balaban J connectivity index is 1.29. The van der Waals surface area contributed by atoms with Gasteiger partial charge in [0.25, 0.3) is 10.0 Å². The number of aromatic nitrogens is 1. The van der Waals surface area contributed by atoms with Gasteiger partial charge in [0.15, 0.2) is 0 Å². The molecule has 1 aliphatic rings. The second kappa shape index (κ2) is 9.70. The summed E-state index contributed by atoms with van der Waals surface area (Å²) in [7, 11) is -3.78. The molecule has 0 saturated carbocycles. The number of benzene rings is 2. The number of sulfonamides is 1. The van der Waals surface area contributed by atoms with Crippen molar-refractivity contribution in [2.75, 3.05) is 6.54 Å². The maximum atomic E-state index is 13.4. The second-order valence-electron chi connectivity index (χ2n) is 8.58. The van der Waals surface area contributed by atoms with Crippen LogP contribution in [0.1, 0.15) is 30.4 Å². The quantitative estimate of drug-likeness (QED) is 0.310. The van der Waals surface area contributed by atoms with Crippen LogP contribution in [-0.2, 0) is 16.4 Å². The minimum atomic E-state index is -3.78. The van der Waals surface area contributed by atoms with Gasteiger partial charge in [-0.2, -0.15) is 9.57 Å². The largest absolute Gasteiger partial charge is 0.443 e. The molecule has 0 bridgehead atoms. The topological polar surface area (TPSA) is 87.2 Å². The first kappa shape index (κ1) is 23.4. The first-order valence-corrected chi connectivity index (χ1v) is 13.3. The Morgan fingerprint density at radius 1 is 1.14 bits per heavy atom.